The highest BCUT2D eigenvalue weighted by molar-refractivity contribution is 5.85. The largest absolute Gasteiger partial charge is 0.297 e. The van der Waals surface area contributed by atoms with Gasteiger partial charge < -0.3 is 0 Å². The normalized spacial score (nSPS) is 18.8. The van der Waals surface area contributed by atoms with Crippen molar-refractivity contribution in [3.8, 4) is 0 Å². The molecule has 0 aromatic heterocycles. The van der Waals surface area contributed by atoms with Gasteiger partial charge in [0.15, 0.2) is 0 Å². The molecule has 0 aromatic carbocycles. The fraction of sp³-hybridized carbons (Fsp3) is 0.556. The van der Waals surface area contributed by atoms with Gasteiger partial charge in [-0.25, -0.2) is 9.98 Å². The van der Waals surface area contributed by atoms with Crippen LogP contribution in [0.5, 0.6) is 0 Å². The van der Waals surface area contributed by atoms with Crippen LogP contribution in [0.2, 0.25) is 0 Å². The van der Waals surface area contributed by atoms with Crippen molar-refractivity contribution in [3.05, 3.63) is 11.6 Å². The summed E-state index contributed by atoms with van der Waals surface area (Å²) < 4.78 is 0. The SMILES string of the molecule is NC(N)N=CN=CC1=CCCCC1. The van der Waals surface area contributed by atoms with Gasteiger partial charge in [-0.3, -0.25) is 11.5 Å². The van der Waals surface area contributed by atoms with E-state index in [9.17, 15) is 0 Å². The van der Waals surface area contributed by atoms with E-state index in [0.29, 0.717) is 0 Å². The van der Waals surface area contributed by atoms with Crippen molar-refractivity contribution in [3.63, 3.8) is 0 Å². The van der Waals surface area contributed by atoms with Gasteiger partial charge in [0, 0.05) is 6.21 Å². The van der Waals surface area contributed by atoms with Crippen LogP contribution in [-0.2, 0) is 0 Å². The number of allylic oxidation sites excluding steroid dienone is 2. The van der Waals surface area contributed by atoms with Crippen molar-refractivity contribution in [2.24, 2.45) is 21.5 Å². The van der Waals surface area contributed by atoms with E-state index in [1.807, 2.05) is 6.21 Å². The van der Waals surface area contributed by atoms with Crippen molar-refractivity contribution in [1.82, 2.24) is 0 Å². The monoisotopic (exact) mass is 180 g/mol. The molecule has 0 fully saturated rings. The van der Waals surface area contributed by atoms with E-state index in [1.165, 1.54) is 24.8 Å². The number of nitrogens with zero attached hydrogens (tertiary/aromatic N) is 2. The molecule has 0 radical (unpaired) electrons. The fourth-order valence-electron chi connectivity index (χ4n) is 1.22. The maximum atomic E-state index is 5.20. The van der Waals surface area contributed by atoms with Gasteiger partial charge in [0.05, 0.1) is 0 Å². The Labute approximate surface area is 78.4 Å². The summed E-state index contributed by atoms with van der Waals surface area (Å²) in [5.41, 5.74) is 11.7. The summed E-state index contributed by atoms with van der Waals surface area (Å²) in [6.07, 6.45) is 9.61. The second kappa shape index (κ2) is 5.61. The standard InChI is InChI=1S/C9H16N4/c10-9(11)13-7-12-6-8-4-2-1-3-5-8/h4,6-7,9H,1-3,5,10-11H2. The molecule has 13 heavy (non-hydrogen) atoms. The zero-order valence-electron chi connectivity index (χ0n) is 7.69. The molecule has 4 nitrogen and oxygen atoms in total. The molecular weight excluding hydrogens is 164 g/mol. The first-order valence-electron chi connectivity index (χ1n) is 4.54. The maximum Gasteiger partial charge on any atom is 0.150 e. The van der Waals surface area contributed by atoms with Crippen LogP contribution in [-0.4, -0.2) is 18.8 Å². The lowest BCUT2D eigenvalue weighted by Crippen LogP contribution is -2.27. The van der Waals surface area contributed by atoms with Gasteiger partial charge >= 0.3 is 0 Å². The smallest absolute Gasteiger partial charge is 0.150 e. The zero-order chi connectivity index (χ0) is 9.52. The third kappa shape index (κ3) is 4.55. The minimum Gasteiger partial charge on any atom is -0.297 e. The van der Waals surface area contributed by atoms with Crippen molar-refractivity contribution in [1.29, 1.82) is 0 Å². The van der Waals surface area contributed by atoms with Crippen LogP contribution < -0.4 is 11.5 Å². The Kier molecular flexibility index (Phi) is 4.35. The van der Waals surface area contributed by atoms with Gasteiger partial charge in [0.1, 0.15) is 12.6 Å². The summed E-state index contributed by atoms with van der Waals surface area (Å²) in [5, 5.41) is 0. The molecule has 0 saturated carbocycles. The molecule has 4 N–H and O–H groups in total. The first-order chi connectivity index (χ1) is 6.29. The van der Waals surface area contributed by atoms with Crippen molar-refractivity contribution < 1.29 is 0 Å². The lowest BCUT2D eigenvalue weighted by atomic mass is 10.0. The zero-order valence-corrected chi connectivity index (χ0v) is 7.69. The Morgan fingerprint density at radius 1 is 1.38 bits per heavy atom. The minimum absolute atomic E-state index is 0.655. The van der Waals surface area contributed by atoms with Gasteiger partial charge in [0.2, 0.25) is 0 Å². The number of rotatable bonds is 3. The summed E-state index contributed by atoms with van der Waals surface area (Å²) >= 11 is 0. The molecule has 0 spiro atoms. The Morgan fingerprint density at radius 3 is 2.85 bits per heavy atom. The Morgan fingerprint density at radius 2 is 2.23 bits per heavy atom. The first-order valence-corrected chi connectivity index (χ1v) is 4.54. The van der Waals surface area contributed by atoms with Crippen molar-refractivity contribution >= 4 is 12.6 Å². The number of hydrogen-bond acceptors (Lipinski definition) is 3. The Balaban J connectivity index is 2.34. The fourth-order valence-corrected chi connectivity index (χ4v) is 1.22. The lowest BCUT2D eigenvalue weighted by molar-refractivity contribution is 0.719. The van der Waals surface area contributed by atoms with Crippen LogP contribution in [0, 0.1) is 0 Å². The summed E-state index contributed by atoms with van der Waals surface area (Å²) in [6, 6.07) is 0. The van der Waals surface area contributed by atoms with E-state index in [0.717, 1.165) is 12.8 Å². The predicted molar refractivity (Wildman–Crippen MR) is 55.7 cm³/mol. The summed E-state index contributed by atoms with van der Waals surface area (Å²) in [5.74, 6) is 0. The molecule has 0 amide bonds. The quantitative estimate of drug-likeness (QED) is 0.382. The highest BCUT2D eigenvalue weighted by Gasteiger charge is 1.99. The van der Waals surface area contributed by atoms with E-state index in [4.69, 9.17) is 11.5 Å². The molecule has 0 bridgehead atoms. The van der Waals surface area contributed by atoms with Crippen LogP contribution in [0.1, 0.15) is 25.7 Å². The van der Waals surface area contributed by atoms with Gasteiger partial charge in [0.25, 0.3) is 0 Å². The minimum atomic E-state index is -0.655. The Bertz CT molecular complexity index is 228. The van der Waals surface area contributed by atoms with E-state index < -0.39 is 6.29 Å². The average Bonchev–Trinajstić information content (AvgIpc) is 2.14. The molecule has 72 valence electrons. The molecule has 0 heterocycles. The van der Waals surface area contributed by atoms with E-state index in [2.05, 4.69) is 16.1 Å². The molecule has 1 aliphatic carbocycles. The van der Waals surface area contributed by atoms with Crippen molar-refractivity contribution in [2.45, 2.75) is 32.0 Å². The number of aliphatic imine (C=N–C) groups is 2. The molecule has 0 unspecified atom stereocenters. The molecule has 0 aromatic rings. The summed E-state index contributed by atoms with van der Waals surface area (Å²) in [6.45, 7) is 0. The highest BCUT2D eigenvalue weighted by Crippen LogP contribution is 2.15. The van der Waals surface area contributed by atoms with Crippen LogP contribution >= 0.6 is 0 Å². The van der Waals surface area contributed by atoms with Gasteiger partial charge in [-0.1, -0.05) is 6.08 Å². The topological polar surface area (TPSA) is 76.8 Å². The summed E-state index contributed by atoms with van der Waals surface area (Å²) in [7, 11) is 0. The first kappa shape index (κ1) is 10.1. The average molecular weight is 180 g/mol. The van der Waals surface area contributed by atoms with Crippen LogP contribution in [0.25, 0.3) is 0 Å². The van der Waals surface area contributed by atoms with Crippen LogP contribution in [0.4, 0.5) is 0 Å². The maximum absolute atomic E-state index is 5.20. The second-order valence-electron chi connectivity index (χ2n) is 3.06. The van der Waals surface area contributed by atoms with Gasteiger partial charge in [-0.05, 0) is 31.3 Å². The molecule has 0 aliphatic heterocycles. The predicted octanol–water partition coefficient (Wildman–Crippen LogP) is 0.787. The van der Waals surface area contributed by atoms with E-state index in [-0.39, 0.29) is 0 Å². The van der Waals surface area contributed by atoms with Gasteiger partial charge in [-0.2, -0.15) is 0 Å². The highest BCUT2D eigenvalue weighted by atomic mass is 15.1. The molecule has 1 rings (SSSR count). The number of nitrogens with two attached hydrogens (primary N) is 2. The van der Waals surface area contributed by atoms with Crippen molar-refractivity contribution in [2.75, 3.05) is 0 Å². The van der Waals surface area contributed by atoms with Crippen LogP contribution in [0.15, 0.2) is 21.6 Å². The van der Waals surface area contributed by atoms with Gasteiger partial charge in [-0.15, -0.1) is 0 Å². The molecule has 4 heteroatoms. The van der Waals surface area contributed by atoms with E-state index >= 15 is 0 Å². The van der Waals surface area contributed by atoms with Crippen LogP contribution in [0.3, 0.4) is 0 Å². The lowest BCUT2D eigenvalue weighted by Gasteiger charge is -2.06. The molecule has 0 saturated heterocycles. The molecule has 0 atom stereocenters. The second-order valence-corrected chi connectivity index (χ2v) is 3.06. The summed E-state index contributed by atoms with van der Waals surface area (Å²) in [4.78, 5) is 7.70. The number of hydrogen-bond donors (Lipinski definition) is 2. The molecular formula is C9H16N4. The van der Waals surface area contributed by atoms with E-state index in [1.54, 1.807) is 0 Å². The third-order valence-corrected chi connectivity index (χ3v) is 1.87. The Hall–Kier alpha value is -1.00. The molecule has 1 aliphatic rings. The third-order valence-electron chi connectivity index (χ3n) is 1.87.